The maximum atomic E-state index is 10.8. The molecule has 1 fully saturated rings. The van der Waals surface area contributed by atoms with E-state index in [0.29, 0.717) is 28.2 Å². The van der Waals surface area contributed by atoms with Crippen LogP contribution in [0.4, 0.5) is 5.82 Å². The van der Waals surface area contributed by atoms with E-state index in [-0.39, 0.29) is 17.3 Å². The molecule has 182 valence electrons. The van der Waals surface area contributed by atoms with Crippen LogP contribution in [-0.4, -0.2) is 54.0 Å². The van der Waals surface area contributed by atoms with Crippen molar-refractivity contribution in [1.29, 1.82) is 5.26 Å². The molecule has 4 heterocycles. The number of fused-ring (bicyclic) bond motifs is 1. The lowest BCUT2D eigenvalue weighted by Crippen LogP contribution is -2.32. The molecule has 1 saturated heterocycles. The standard InChI is InChI=1S/C25H22N6O4S/c1-3-14-10-31(24-19(14)23(27)28-18(9-26)29-24)25-21(33)20(32)17(34-25)12-36-11-16-13(2)30-35-22(16)15-7-5-4-6-8-15/h1,4-8,10,17,20-21,25,32-33H,11-12H2,2H3,(H2,27,28,29)/t17-,20-,21-,25-/m1/s1. The second kappa shape index (κ2) is 9.64. The number of ether oxygens (including phenoxy) is 1. The van der Waals surface area contributed by atoms with E-state index in [9.17, 15) is 15.5 Å². The molecule has 0 bridgehead atoms. The Hall–Kier alpha value is -3.87. The first-order chi connectivity index (χ1) is 17.4. The van der Waals surface area contributed by atoms with Crippen molar-refractivity contribution < 1.29 is 19.5 Å². The molecule has 4 atom stereocenters. The monoisotopic (exact) mass is 502 g/mol. The van der Waals surface area contributed by atoms with Gasteiger partial charge in [0, 0.05) is 28.8 Å². The van der Waals surface area contributed by atoms with Crippen LogP contribution in [0.5, 0.6) is 0 Å². The first-order valence-corrected chi connectivity index (χ1v) is 12.2. The third kappa shape index (κ3) is 4.08. The number of aliphatic hydroxyl groups excluding tert-OH is 2. The van der Waals surface area contributed by atoms with Gasteiger partial charge in [-0.1, -0.05) is 41.4 Å². The molecule has 10 nitrogen and oxygen atoms in total. The van der Waals surface area contributed by atoms with Crippen LogP contribution in [0.2, 0.25) is 0 Å². The van der Waals surface area contributed by atoms with Gasteiger partial charge in [0.15, 0.2) is 12.0 Å². The zero-order chi connectivity index (χ0) is 25.4. The number of nitrogens with two attached hydrogens (primary N) is 1. The highest BCUT2D eigenvalue weighted by atomic mass is 32.2. The smallest absolute Gasteiger partial charge is 0.236 e. The number of nitrogens with zero attached hydrogens (tertiary/aromatic N) is 5. The van der Waals surface area contributed by atoms with Crippen LogP contribution in [0.1, 0.15) is 28.9 Å². The summed E-state index contributed by atoms with van der Waals surface area (Å²) in [4.78, 5) is 8.16. The number of rotatable bonds is 6. The minimum atomic E-state index is -1.25. The molecular formula is C25H22N6O4S. The summed E-state index contributed by atoms with van der Waals surface area (Å²) in [6, 6.07) is 11.6. The fraction of sp³-hybridized carbons (Fsp3) is 0.280. The highest BCUT2D eigenvalue weighted by Gasteiger charge is 2.44. The minimum Gasteiger partial charge on any atom is -0.387 e. The molecule has 11 heteroatoms. The van der Waals surface area contributed by atoms with Crippen LogP contribution in [0.15, 0.2) is 41.1 Å². The lowest BCUT2D eigenvalue weighted by Gasteiger charge is -2.17. The lowest BCUT2D eigenvalue weighted by atomic mass is 10.1. The Morgan fingerprint density at radius 1 is 1.22 bits per heavy atom. The molecule has 3 aromatic heterocycles. The Kier molecular flexibility index (Phi) is 6.39. The second-order valence-electron chi connectivity index (χ2n) is 8.34. The summed E-state index contributed by atoms with van der Waals surface area (Å²) in [5, 5.41) is 35.3. The van der Waals surface area contributed by atoms with Gasteiger partial charge in [-0.2, -0.15) is 17.0 Å². The van der Waals surface area contributed by atoms with Crippen molar-refractivity contribution in [3.05, 3.63) is 59.2 Å². The summed E-state index contributed by atoms with van der Waals surface area (Å²) in [5.74, 6) is 4.12. The molecule has 4 aromatic rings. The van der Waals surface area contributed by atoms with Crippen molar-refractivity contribution in [2.24, 2.45) is 0 Å². The molecular weight excluding hydrogens is 480 g/mol. The minimum absolute atomic E-state index is 0.0571. The largest absolute Gasteiger partial charge is 0.387 e. The van der Waals surface area contributed by atoms with E-state index in [1.807, 2.05) is 43.3 Å². The highest BCUT2D eigenvalue weighted by Crippen LogP contribution is 2.37. The highest BCUT2D eigenvalue weighted by molar-refractivity contribution is 7.98. The zero-order valence-electron chi connectivity index (χ0n) is 19.2. The fourth-order valence-corrected chi connectivity index (χ4v) is 5.45. The van der Waals surface area contributed by atoms with Gasteiger partial charge < -0.3 is 29.8 Å². The molecule has 4 N–H and O–H groups in total. The number of nitriles is 1. The number of nitrogen functional groups attached to an aromatic ring is 1. The molecule has 1 aliphatic rings. The van der Waals surface area contributed by atoms with Gasteiger partial charge in [0.2, 0.25) is 5.82 Å². The SMILES string of the molecule is C#Cc1cn([C@@H]2O[C@H](CSCc3c(C)noc3-c3ccccc3)[C@@H](O)[C@H]2O)c2nc(C#N)nc(N)c12. The van der Waals surface area contributed by atoms with Gasteiger partial charge in [0.25, 0.3) is 0 Å². The zero-order valence-corrected chi connectivity index (χ0v) is 20.0. The van der Waals surface area contributed by atoms with Crippen LogP contribution in [0.3, 0.4) is 0 Å². The Morgan fingerprint density at radius 2 is 2.00 bits per heavy atom. The topological polar surface area (TPSA) is 156 Å². The summed E-state index contributed by atoms with van der Waals surface area (Å²) in [5.41, 5.74) is 9.34. The summed E-state index contributed by atoms with van der Waals surface area (Å²) in [6.45, 7) is 1.88. The van der Waals surface area contributed by atoms with Crippen molar-refractivity contribution in [2.45, 2.75) is 37.2 Å². The van der Waals surface area contributed by atoms with Crippen LogP contribution in [-0.2, 0) is 10.5 Å². The van der Waals surface area contributed by atoms with Crippen molar-refractivity contribution in [1.82, 2.24) is 19.7 Å². The molecule has 36 heavy (non-hydrogen) atoms. The van der Waals surface area contributed by atoms with E-state index in [4.69, 9.17) is 21.4 Å². The lowest BCUT2D eigenvalue weighted by molar-refractivity contribution is -0.0285. The summed E-state index contributed by atoms with van der Waals surface area (Å²) in [7, 11) is 0. The van der Waals surface area contributed by atoms with Crippen LogP contribution >= 0.6 is 11.8 Å². The van der Waals surface area contributed by atoms with Crippen molar-refractivity contribution in [3.8, 4) is 29.7 Å². The predicted molar refractivity (Wildman–Crippen MR) is 133 cm³/mol. The van der Waals surface area contributed by atoms with Gasteiger partial charge in [-0.05, 0) is 6.92 Å². The van der Waals surface area contributed by atoms with E-state index < -0.39 is 24.5 Å². The van der Waals surface area contributed by atoms with E-state index in [1.54, 1.807) is 6.20 Å². The number of hydrogen-bond acceptors (Lipinski definition) is 10. The van der Waals surface area contributed by atoms with Gasteiger partial charge in [-0.3, -0.25) is 0 Å². The molecule has 0 radical (unpaired) electrons. The van der Waals surface area contributed by atoms with Crippen molar-refractivity contribution >= 4 is 28.6 Å². The molecule has 0 saturated carbocycles. The molecule has 0 spiro atoms. The summed E-state index contributed by atoms with van der Waals surface area (Å²) < 4.78 is 13.1. The Bertz CT molecular complexity index is 1500. The van der Waals surface area contributed by atoms with E-state index in [1.165, 1.54) is 16.3 Å². The normalized spacial score (nSPS) is 21.5. The van der Waals surface area contributed by atoms with Gasteiger partial charge in [-0.25, -0.2) is 9.97 Å². The number of anilines is 1. The number of hydrogen-bond donors (Lipinski definition) is 3. The van der Waals surface area contributed by atoms with Crippen molar-refractivity contribution in [2.75, 3.05) is 11.5 Å². The van der Waals surface area contributed by atoms with Crippen molar-refractivity contribution in [3.63, 3.8) is 0 Å². The molecule has 0 aliphatic carbocycles. The third-order valence-electron chi connectivity index (χ3n) is 6.12. The van der Waals surface area contributed by atoms with Crippen LogP contribution in [0.25, 0.3) is 22.4 Å². The average Bonchev–Trinajstić information content (AvgIpc) is 3.54. The van der Waals surface area contributed by atoms with Gasteiger partial charge in [-0.15, -0.1) is 6.42 Å². The Balaban J connectivity index is 1.35. The number of benzene rings is 1. The third-order valence-corrected chi connectivity index (χ3v) is 7.17. The number of thioether (sulfide) groups is 1. The van der Waals surface area contributed by atoms with E-state index in [0.717, 1.165) is 16.8 Å². The Morgan fingerprint density at radius 3 is 2.72 bits per heavy atom. The molecule has 1 aliphatic heterocycles. The van der Waals surface area contributed by atoms with E-state index >= 15 is 0 Å². The number of terminal acetylenes is 1. The first-order valence-electron chi connectivity index (χ1n) is 11.1. The molecule has 1 aromatic carbocycles. The summed E-state index contributed by atoms with van der Waals surface area (Å²) in [6.07, 6.45) is 3.13. The summed E-state index contributed by atoms with van der Waals surface area (Å²) >= 11 is 1.53. The van der Waals surface area contributed by atoms with Gasteiger partial charge in [0.1, 0.15) is 29.7 Å². The molecule has 5 rings (SSSR count). The number of aromatic nitrogens is 4. The fourth-order valence-electron chi connectivity index (χ4n) is 4.28. The first kappa shape index (κ1) is 23.9. The maximum absolute atomic E-state index is 10.8. The van der Waals surface area contributed by atoms with E-state index in [2.05, 4.69) is 21.0 Å². The van der Waals surface area contributed by atoms with Gasteiger partial charge >= 0.3 is 0 Å². The second-order valence-corrected chi connectivity index (χ2v) is 9.37. The maximum Gasteiger partial charge on any atom is 0.236 e. The molecule has 0 unspecified atom stereocenters. The van der Waals surface area contributed by atoms with Gasteiger partial charge in [0.05, 0.1) is 22.7 Å². The number of aryl methyl sites for hydroxylation is 1. The number of aliphatic hydroxyl groups is 2. The quantitative estimate of drug-likeness (QED) is 0.335. The predicted octanol–water partition coefficient (Wildman–Crippen LogP) is 2.38. The van der Waals surface area contributed by atoms with Crippen LogP contribution in [0, 0.1) is 30.6 Å². The Labute approximate surface area is 210 Å². The molecule has 0 amide bonds. The average molecular weight is 503 g/mol. The van der Waals surface area contributed by atoms with Crippen LogP contribution < -0.4 is 5.73 Å².